The minimum Gasteiger partial charge on any atom is -0.490 e. The summed E-state index contributed by atoms with van der Waals surface area (Å²) in [6.07, 6.45) is 4.33. The minimum absolute atomic E-state index is 0.00969. The molecule has 1 unspecified atom stereocenters. The van der Waals surface area contributed by atoms with Crippen LogP contribution in [-0.4, -0.2) is 42.5 Å². The van der Waals surface area contributed by atoms with Gasteiger partial charge in [-0.15, -0.1) is 0 Å². The number of amides is 2. The first-order valence-electron chi connectivity index (χ1n) is 11.1. The van der Waals surface area contributed by atoms with Gasteiger partial charge in [-0.25, -0.2) is 0 Å². The number of para-hydroxylation sites is 2. The third kappa shape index (κ3) is 4.35. The van der Waals surface area contributed by atoms with Crippen LogP contribution in [-0.2, 0) is 22.4 Å². The molecule has 5 nitrogen and oxygen atoms in total. The lowest BCUT2D eigenvalue weighted by atomic mass is 9.87. The molecular formula is C25H30N2O3. The van der Waals surface area contributed by atoms with Crippen molar-refractivity contribution < 1.29 is 14.3 Å². The highest BCUT2D eigenvalue weighted by Gasteiger charge is 2.29. The molecule has 0 N–H and O–H groups in total. The second kappa shape index (κ2) is 9.33. The quantitative estimate of drug-likeness (QED) is 0.729. The van der Waals surface area contributed by atoms with Gasteiger partial charge in [0, 0.05) is 25.4 Å². The van der Waals surface area contributed by atoms with Crippen LogP contribution in [0.1, 0.15) is 43.7 Å². The lowest BCUT2D eigenvalue weighted by Gasteiger charge is -2.35. The van der Waals surface area contributed by atoms with Gasteiger partial charge >= 0.3 is 0 Å². The Kier molecular flexibility index (Phi) is 6.36. The van der Waals surface area contributed by atoms with Crippen LogP contribution in [0, 0.1) is 0 Å². The van der Waals surface area contributed by atoms with Gasteiger partial charge in [0.05, 0.1) is 12.2 Å². The van der Waals surface area contributed by atoms with Crippen LogP contribution in [0.5, 0.6) is 5.75 Å². The van der Waals surface area contributed by atoms with E-state index in [4.69, 9.17) is 4.74 Å². The number of carbonyl (C=O) groups excluding carboxylic acids is 2. The van der Waals surface area contributed by atoms with Crippen molar-refractivity contribution in [3.05, 3.63) is 59.7 Å². The van der Waals surface area contributed by atoms with Gasteiger partial charge < -0.3 is 14.5 Å². The van der Waals surface area contributed by atoms with Crippen molar-refractivity contribution in [3.8, 4) is 5.75 Å². The molecule has 5 heteroatoms. The van der Waals surface area contributed by atoms with Crippen molar-refractivity contribution in [2.24, 2.45) is 0 Å². The highest BCUT2D eigenvalue weighted by molar-refractivity contribution is 5.97. The Bertz CT molecular complexity index is 911. The van der Waals surface area contributed by atoms with Gasteiger partial charge in [0.15, 0.2) is 0 Å². The summed E-state index contributed by atoms with van der Waals surface area (Å²) >= 11 is 0. The number of fused-ring (bicyclic) bond motifs is 2. The van der Waals surface area contributed by atoms with Crippen LogP contribution >= 0.6 is 0 Å². The Labute approximate surface area is 178 Å². The lowest BCUT2D eigenvalue weighted by molar-refractivity contribution is -0.135. The average Bonchev–Trinajstić information content (AvgIpc) is 2.80. The lowest BCUT2D eigenvalue weighted by Crippen LogP contribution is -2.44. The van der Waals surface area contributed by atoms with Crippen LogP contribution in [0.2, 0.25) is 0 Å². The van der Waals surface area contributed by atoms with Crippen LogP contribution in [0.3, 0.4) is 0 Å². The molecule has 0 saturated heterocycles. The molecule has 0 radical (unpaired) electrons. The van der Waals surface area contributed by atoms with Crippen molar-refractivity contribution >= 4 is 17.5 Å². The topological polar surface area (TPSA) is 49.9 Å². The molecule has 0 aromatic heterocycles. The van der Waals surface area contributed by atoms with E-state index in [1.807, 2.05) is 29.2 Å². The van der Waals surface area contributed by atoms with Gasteiger partial charge in [0.2, 0.25) is 11.8 Å². The summed E-state index contributed by atoms with van der Waals surface area (Å²) in [6.45, 7) is 3.87. The molecule has 2 aliphatic rings. The largest absolute Gasteiger partial charge is 0.490 e. The van der Waals surface area contributed by atoms with E-state index in [2.05, 4.69) is 31.2 Å². The van der Waals surface area contributed by atoms with Crippen LogP contribution in [0.25, 0.3) is 0 Å². The molecule has 0 saturated carbocycles. The van der Waals surface area contributed by atoms with Crippen LogP contribution < -0.4 is 9.64 Å². The van der Waals surface area contributed by atoms with Gasteiger partial charge in [-0.05, 0) is 48.9 Å². The van der Waals surface area contributed by atoms with Crippen molar-refractivity contribution in [2.75, 3.05) is 24.6 Å². The zero-order valence-electron chi connectivity index (χ0n) is 17.7. The fraction of sp³-hybridized carbons (Fsp3) is 0.440. The van der Waals surface area contributed by atoms with E-state index < -0.39 is 0 Å². The number of rotatable bonds is 6. The van der Waals surface area contributed by atoms with E-state index in [1.165, 1.54) is 11.1 Å². The third-order valence-electron chi connectivity index (χ3n) is 6.13. The Morgan fingerprint density at radius 1 is 1.07 bits per heavy atom. The maximum atomic E-state index is 13.1. The maximum Gasteiger partial charge on any atom is 0.227 e. The molecular weight excluding hydrogens is 376 g/mol. The van der Waals surface area contributed by atoms with Crippen LogP contribution in [0.4, 0.5) is 5.69 Å². The Hall–Kier alpha value is -2.82. The fourth-order valence-electron chi connectivity index (χ4n) is 4.62. The van der Waals surface area contributed by atoms with E-state index in [-0.39, 0.29) is 30.7 Å². The zero-order chi connectivity index (χ0) is 20.9. The Morgan fingerprint density at radius 3 is 2.67 bits per heavy atom. The highest BCUT2D eigenvalue weighted by atomic mass is 16.5. The van der Waals surface area contributed by atoms with E-state index in [9.17, 15) is 9.59 Å². The molecule has 2 aromatic carbocycles. The molecule has 1 aliphatic heterocycles. The molecule has 0 spiro atoms. The molecule has 1 atom stereocenters. The first-order chi connectivity index (χ1) is 14.7. The summed E-state index contributed by atoms with van der Waals surface area (Å²) in [6, 6.07) is 16.3. The summed E-state index contributed by atoms with van der Waals surface area (Å²) in [5, 5.41) is 0. The Morgan fingerprint density at radius 2 is 1.83 bits per heavy atom. The molecule has 2 amide bonds. The molecule has 1 aliphatic carbocycles. The average molecular weight is 407 g/mol. The van der Waals surface area contributed by atoms with E-state index in [0.29, 0.717) is 13.2 Å². The zero-order valence-corrected chi connectivity index (χ0v) is 17.7. The molecule has 0 bridgehead atoms. The summed E-state index contributed by atoms with van der Waals surface area (Å²) < 4.78 is 5.64. The number of ether oxygens (including phenoxy) is 1. The minimum atomic E-state index is -0.00969. The molecule has 158 valence electrons. The van der Waals surface area contributed by atoms with Crippen molar-refractivity contribution in [1.82, 2.24) is 4.90 Å². The molecule has 4 rings (SSSR count). The summed E-state index contributed by atoms with van der Waals surface area (Å²) in [5.74, 6) is 0.817. The smallest absolute Gasteiger partial charge is 0.227 e. The molecule has 30 heavy (non-hydrogen) atoms. The second-order valence-corrected chi connectivity index (χ2v) is 8.11. The third-order valence-corrected chi connectivity index (χ3v) is 6.13. The fourth-order valence-corrected chi connectivity index (χ4v) is 4.62. The normalized spacial score (nSPS) is 17.5. The van der Waals surface area contributed by atoms with Gasteiger partial charge in [-0.3, -0.25) is 9.59 Å². The number of anilines is 1. The first-order valence-corrected chi connectivity index (χ1v) is 11.1. The number of hydrogen-bond donors (Lipinski definition) is 0. The number of aryl methyl sites for hydroxylation is 1. The summed E-state index contributed by atoms with van der Waals surface area (Å²) in [5.41, 5.74) is 3.55. The van der Waals surface area contributed by atoms with E-state index >= 15 is 0 Å². The van der Waals surface area contributed by atoms with Gasteiger partial charge in [-0.1, -0.05) is 43.3 Å². The SMILES string of the molecule is CCCN(C(=O)CCC(=O)N1CCOc2ccccc21)C1CCc2ccccc2C1. The van der Waals surface area contributed by atoms with Crippen LogP contribution in [0.15, 0.2) is 48.5 Å². The monoisotopic (exact) mass is 406 g/mol. The van der Waals surface area contributed by atoms with E-state index in [1.54, 1.807) is 4.90 Å². The maximum absolute atomic E-state index is 13.1. The number of hydrogen-bond acceptors (Lipinski definition) is 3. The predicted molar refractivity (Wildman–Crippen MR) is 118 cm³/mol. The molecule has 0 fully saturated rings. The number of benzene rings is 2. The van der Waals surface area contributed by atoms with Crippen molar-refractivity contribution in [3.63, 3.8) is 0 Å². The van der Waals surface area contributed by atoms with Crippen molar-refractivity contribution in [1.29, 1.82) is 0 Å². The standard InChI is InChI=1S/C25H30N2O3/c1-2-15-26(21-12-11-19-7-3-4-8-20(19)18-21)24(28)13-14-25(29)27-16-17-30-23-10-6-5-9-22(23)27/h3-10,21H,2,11-18H2,1H3. The van der Waals surface area contributed by atoms with Crippen molar-refractivity contribution in [2.45, 2.75) is 51.5 Å². The van der Waals surface area contributed by atoms with Gasteiger partial charge in [-0.2, -0.15) is 0 Å². The second-order valence-electron chi connectivity index (χ2n) is 8.11. The molecule has 1 heterocycles. The van der Waals surface area contributed by atoms with Gasteiger partial charge in [0.1, 0.15) is 12.4 Å². The number of carbonyl (C=O) groups is 2. The first kappa shape index (κ1) is 20.5. The van der Waals surface area contributed by atoms with Gasteiger partial charge in [0.25, 0.3) is 0 Å². The van der Waals surface area contributed by atoms with E-state index in [0.717, 1.165) is 43.7 Å². The number of nitrogens with zero attached hydrogens (tertiary/aromatic N) is 2. The predicted octanol–water partition coefficient (Wildman–Crippen LogP) is 3.99. The molecule has 2 aromatic rings. The summed E-state index contributed by atoms with van der Waals surface area (Å²) in [4.78, 5) is 29.8. The highest BCUT2D eigenvalue weighted by Crippen LogP contribution is 2.31. The summed E-state index contributed by atoms with van der Waals surface area (Å²) in [7, 11) is 0. The Balaban J connectivity index is 1.39.